The maximum absolute atomic E-state index is 9.45. The first-order valence-electron chi connectivity index (χ1n) is 8.13. The van der Waals surface area contributed by atoms with Gasteiger partial charge in [0.05, 0.1) is 12.2 Å². The van der Waals surface area contributed by atoms with Gasteiger partial charge < -0.3 is 14.6 Å². The molecule has 2 aromatic rings. The van der Waals surface area contributed by atoms with Crippen molar-refractivity contribution in [2.45, 2.75) is 44.8 Å². The van der Waals surface area contributed by atoms with Crippen LogP contribution in [-0.4, -0.2) is 23.9 Å². The molecule has 0 amide bonds. The molecule has 1 N–H and O–H groups in total. The number of rotatable bonds is 5. The lowest BCUT2D eigenvalue weighted by atomic mass is 9.78. The third-order valence-electron chi connectivity index (χ3n) is 4.62. The second kappa shape index (κ2) is 6.25. The average molecular weight is 312 g/mol. The van der Waals surface area contributed by atoms with Gasteiger partial charge in [0.15, 0.2) is 0 Å². The molecule has 1 aliphatic rings. The van der Waals surface area contributed by atoms with Crippen molar-refractivity contribution in [3.63, 3.8) is 0 Å². The molecule has 3 nitrogen and oxygen atoms in total. The third kappa shape index (κ3) is 3.50. The van der Waals surface area contributed by atoms with Crippen molar-refractivity contribution in [1.82, 2.24) is 0 Å². The van der Waals surface area contributed by atoms with Gasteiger partial charge in [-0.3, -0.25) is 0 Å². The second-order valence-corrected chi connectivity index (χ2v) is 6.81. The molecule has 1 fully saturated rings. The fourth-order valence-electron chi connectivity index (χ4n) is 3.00. The molecule has 1 saturated heterocycles. The topological polar surface area (TPSA) is 38.7 Å². The van der Waals surface area contributed by atoms with Crippen LogP contribution in [0.3, 0.4) is 0 Å². The normalized spacial score (nSPS) is 20.8. The summed E-state index contributed by atoms with van der Waals surface area (Å²) >= 11 is 0. The summed E-state index contributed by atoms with van der Waals surface area (Å²) in [5.41, 5.74) is 2.25. The van der Waals surface area contributed by atoms with Crippen LogP contribution in [0.4, 0.5) is 0 Å². The van der Waals surface area contributed by atoms with E-state index in [1.165, 1.54) is 11.1 Å². The molecule has 3 heteroatoms. The first-order valence-corrected chi connectivity index (χ1v) is 8.13. The summed E-state index contributed by atoms with van der Waals surface area (Å²) < 4.78 is 11.4. The quantitative estimate of drug-likeness (QED) is 0.896. The maximum atomic E-state index is 9.45. The van der Waals surface area contributed by atoms with E-state index in [-0.39, 0.29) is 11.5 Å². The first-order chi connectivity index (χ1) is 10.9. The molecule has 1 aliphatic heterocycles. The highest BCUT2D eigenvalue weighted by Crippen LogP contribution is 2.33. The molecule has 0 aliphatic carbocycles. The summed E-state index contributed by atoms with van der Waals surface area (Å²) in [6, 6.07) is 15.6. The largest absolute Gasteiger partial charge is 0.508 e. The minimum atomic E-state index is -0.126. The fourth-order valence-corrected chi connectivity index (χ4v) is 3.00. The van der Waals surface area contributed by atoms with E-state index in [1.807, 2.05) is 24.3 Å². The van der Waals surface area contributed by atoms with Crippen molar-refractivity contribution >= 4 is 0 Å². The van der Waals surface area contributed by atoms with Crippen LogP contribution in [0, 0.1) is 0 Å². The lowest BCUT2D eigenvalue weighted by molar-refractivity contribution is -0.128. The molecule has 0 aromatic heterocycles. The van der Waals surface area contributed by atoms with Crippen molar-refractivity contribution in [3.8, 4) is 11.5 Å². The summed E-state index contributed by atoms with van der Waals surface area (Å²) in [7, 11) is 0. The molecular formula is C20H24O3. The lowest BCUT2D eigenvalue weighted by Gasteiger charge is -2.33. The molecule has 0 radical (unpaired) electrons. The van der Waals surface area contributed by atoms with Crippen LogP contribution in [-0.2, 0) is 10.2 Å². The van der Waals surface area contributed by atoms with Gasteiger partial charge in [-0.1, -0.05) is 38.1 Å². The third-order valence-corrected chi connectivity index (χ3v) is 4.62. The Labute approximate surface area is 137 Å². The minimum Gasteiger partial charge on any atom is -0.508 e. The van der Waals surface area contributed by atoms with E-state index in [2.05, 4.69) is 32.9 Å². The molecule has 2 atom stereocenters. The van der Waals surface area contributed by atoms with Gasteiger partial charge in [0.1, 0.15) is 18.1 Å². The minimum absolute atomic E-state index is 0.126. The second-order valence-electron chi connectivity index (χ2n) is 6.81. The lowest BCUT2D eigenvalue weighted by Crippen LogP contribution is -2.39. The summed E-state index contributed by atoms with van der Waals surface area (Å²) in [6.07, 6.45) is 1.68. The highest BCUT2D eigenvalue weighted by atomic mass is 16.6. The van der Waals surface area contributed by atoms with Gasteiger partial charge in [-0.15, -0.1) is 0 Å². The van der Waals surface area contributed by atoms with Gasteiger partial charge in [-0.25, -0.2) is 0 Å². The Balaban J connectivity index is 1.67. The molecule has 2 aromatic carbocycles. The Hall–Kier alpha value is -2.00. The van der Waals surface area contributed by atoms with E-state index in [0.717, 1.165) is 12.2 Å². The SMILES string of the molecule is CC1CC(COc2ccc(C(C)(C)c3ccc(O)cc3)cc2)O1. The van der Waals surface area contributed by atoms with Gasteiger partial charge in [0.2, 0.25) is 0 Å². The van der Waals surface area contributed by atoms with E-state index in [0.29, 0.717) is 18.5 Å². The van der Waals surface area contributed by atoms with Crippen LogP contribution in [0.5, 0.6) is 11.5 Å². The van der Waals surface area contributed by atoms with Gasteiger partial charge >= 0.3 is 0 Å². The summed E-state index contributed by atoms with van der Waals surface area (Å²) in [4.78, 5) is 0. The number of ether oxygens (including phenoxy) is 2. The van der Waals surface area contributed by atoms with E-state index in [1.54, 1.807) is 12.1 Å². The fraction of sp³-hybridized carbons (Fsp3) is 0.400. The van der Waals surface area contributed by atoms with Crippen molar-refractivity contribution < 1.29 is 14.6 Å². The predicted octanol–water partition coefficient (Wildman–Crippen LogP) is 4.27. The number of hydrogen-bond acceptors (Lipinski definition) is 3. The Morgan fingerprint density at radius 3 is 2.09 bits per heavy atom. The number of phenolic OH excluding ortho intramolecular Hbond substituents is 1. The smallest absolute Gasteiger partial charge is 0.119 e. The summed E-state index contributed by atoms with van der Waals surface area (Å²) in [5, 5.41) is 9.45. The van der Waals surface area contributed by atoms with E-state index in [9.17, 15) is 5.11 Å². The van der Waals surface area contributed by atoms with Crippen LogP contribution in [0.15, 0.2) is 48.5 Å². The van der Waals surface area contributed by atoms with E-state index < -0.39 is 0 Å². The predicted molar refractivity (Wildman–Crippen MR) is 91.1 cm³/mol. The van der Waals surface area contributed by atoms with Crippen LogP contribution in [0.25, 0.3) is 0 Å². The van der Waals surface area contributed by atoms with E-state index >= 15 is 0 Å². The molecule has 122 valence electrons. The van der Waals surface area contributed by atoms with E-state index in [4.69, 9.17) is 9.47 Å². The average Bonchev–Trinajstić information content (AvgIpc) is 2.51. The molecule has 0 saturated carbocycles. The van der Waals surface area contributed by atoms with Crippen molar-refractivity contribution in [2.24, 2.45) is 0 Å². The number of aromatic hydroxyl groups is 1. The monoisotopic (exact) mass is 312 g/mol. The Kier molecular flexibility index (Phi) is 4.31. The van der Waals surface area contributed by atoms with Crippen LogP contribution in [0.1, 0.15) is 38.3 Å². The first kappa shape index (κ1) is 15.9. The zero-order valence-corrected chi connectivity index (χ0v) is 14.0. The molecule has 0 spiro atoms. The van der Waals surface area contributed by atoms with Gasteiger partial charge in [0.25, 0.3) is 0 Å². The summed E-state index contributed by atoms with van der Waals surface area (Å²) in [6.45, 7) is 7.05. The standard InChI is InChI=1S/C20H24O3/c1-14-12-19(23-14)13-22-18-10-6-16(7-11-18)20(2,3)15-4-8-17(21)9-5-15/h4-11,14,19,21H,12-13H2,1-3H3. The number of benzene rings is 2. The molecule has 0 bridgehead atoms. The van der Waals surface area contributed by atoms with Gasteiger partial charge in [-0.05, 0) is 42.3 Å². The molecular weight excluding hydrogens is 288 g/mol. The Morgan fingerprint density at radius 1 is 1.04 bits per heavy atom. The Morgan fingerprint density at radius 2 is 1.57 bits per heavy atom. The molecule has 23 heavy (non-hydrogen) atoms. The Bertz CT molecular complexity index is 638. The molecule has 2 unspecified atom stereocenters. The van der Waals surface area contributed by atoms with Crippen molar-refractivity contribution in [1.29, 1.82) is 0 Å². The van der Waals surface area contributed by atoms with Crippen LogP contribution >= 0.6 is 0 Å². The van der Waals surface area contributed by atoms with Crippen molar-refractivity contribution in [2.75, 3.05) is 6.61 Å². The summed E-state index contributed by atoms with van der Waals surface area (Å²) in [5.74, 6) is 1.17. The van der Waals surface area contributed by atoms with Gasteiger partial charge in [-0.2, -0.15) is 0 Å². The number of phenols is 1. The van der Waals surface area contributed by atoms with Crippen LogP contribution < -0.4 is 4.74 Å². The zero-order chi connectivity index (χ0) is 16.4. The highest BCUT2D eigenvalue weighted by molar-refractivity contribution is 5.41. The highest BCUT2D eigenvalue weighted by Gasteiger charge is 2.27. The maximum Gasteiger partial charge on any atom is 0.119 e. The van der Waals surface area contributed by atoms with Crippen LogP contribution in [0.2, 0.25) is 0 Å². The molecule has 3 rings (SSSR count). The zero-order valence-electron chi connectivity index (χ0n) is 14.0. The number of hydrogen-bond donors (Lipinski definition) is 1. The van der Waals surface area contributed by atoms with Crippen molar-refractivity contribution in [3.05, 3.63) is 59.7 Å². The molecule has 1 heterocycles. The van der Waals surface area contributed by atoms with Gasteiger partial charge in [0, 0.05) is 11.8 Å².